The van der Waals surface area contributed by atoms with Crippen LogP contribution in [0.4, 0.5) is 5.69 Å². The molecular weight excluding hydrogens is 302 g/mol. The number of nitrogens with one attached hydrogen (secondary N) is 1. The van der Waals surface area contributed by atoms with Crippen molar-refractivity contribution in [1.29, 1.82) is 0 Å². The number of carbonyl (C=O) groups excluding carboxylic acids is 1. The number of rotatable bonds is 2. The van der Waals surface area contributed by atoms with Gasteiger partial charge in [0, 0.05) is 13.1 Å². The van der Waals surface area contributed by atoms with Crippen LogP contribution in [0.1, 0.15) is 13.8 Å². The summed E-state index contributed by atoms with van der Waals surface area (Å²) in [6.07, 6.45) is 0. The maximum atomic E-state index is 12.7. The number of halogens is 1. The summed E-state index contributed by atoms with van der Waals surface area (Å²) in [5.41, 5.74) is 4.74. The molecule has 6 nitrogen and oxygen atoms in total. The molecule has 2 rings (SSSR count). The molecule has 0 unspecified atom stereocenters. The highest BCUT2D eigenvalue weighted by Crippen LogP contribution is 2.29. The maximum Gasteiger partial charge on any atom is 0.244 e. The maximum absolute atomic E-state index is 12.7. The van der Waals surface area contributed by atoms with Gasteiger partial charge in [-0.3, -0.25) is 4.79 Å². The number of amides is 1. The van der Waals surface area contributed by atoms with Crippen molar-refractivity contribution in [1.82, 2.24) is 9.62 Å². The first-order chi connectivity index (χ1) is 9.17. The number of hydrogen-bond donors (Lipinski definition) is 2. The van der Waals surface area contributed by atoms with Crippen molar-refractivity contribution < 1.29 is 13.2 Å². The van der Waals surface area contributed by atoms with Gasteiger partial charge in [0.05, 0.1) is 15.6 Å². The van der Waals surface area contributed by atoms with Crippen LogP contribution in [0.3, 0.4) is 0 Å². The number of benzene rings is 1. The van der Waals surface area contributed by atoms with Gasteiger partial charge in [0.2, 0.25) is 15.9 Å². The predicted octanol–water partition coefficient (Wildman–Crippen LogP) is 0.821. The second kappa shape index (κ2) is 4.91. The van der Waals surface area contributed by atoms with E-state index in [1.807, 2.05) is 0 Å². The minimum atomic E-state index is -3.81. The van der Waals surface area contributed by atoms with Crippen LogP contribution in [-0.2, 0) is 14.8 Å². The average Bonchev–Trinajstić information content (AvgIpc) is 2.35. The molecule has 1 aliphatic rings. The van der Waals surface area contributed by atoms with E-state index in [1.165, 1.54) is 22.5 Å². The number of carbonyl (C=O) groups is 1. The van der Waals surface area contributed by atoms with Crippen molar-refractivity contribution in [2.45, 2.75) is 24.3 Å². The van der Waals surface area contributed by atoms with Crippen molar-refractivity contribution in [3.05, 3.63) is 23.2 Å². The molecule has 1 amide bonds. The molecule has 0 aromatic heterocycles. The van der Waals surface area contributed by atoms with Crippen molar-refractivity contribution in [2.75, 3.05) is 18.8 Å². The van der Waals surface area contributed by atoms with Gasteiger partial charge >= 0.3 is 0 Å². The summed E-state index contributed by atoms with van der Waals surface area (Å²) >= 11 is 5.87. The second-order valence-corrected chi connectivity index (χ2v) is 7.34. The van der Waals surface area contributed by atoms with E-state index in [0.29, 0.717) is 5.69 Å². The summed E-state index contributed by atoms with van der Waals surface area (Å²) in [5.74, 6) is -0.325. The van der Waals surface area contributed by atoms with E-state index in [9.17, 15) is 13.2 Å². The van der Waals surface area contributed by atoms with Gasteiger partial charge in [-0.1, -0.05) is 11.6 Å². The second-order valence-electron chi connectivity index (χ2n) is 5.08. The first-order valence-electron chi connectivity index (χ1n) is 6.03. The number of nitrogens with two attached hydrogens (primary N) is 1. The molecule has 3 N–H and O–H groups in total. The molecule has 20 heavy (non-hydrogen) atoms. The Morgan fingerprint density at radius 3 is 2.65 bits per heavy atom. The SMILES string of the molecule is CC1(C)C(=O)NCCN1S(=O)(=O)c1ccc(N)c(Cl)c1. The quantitative estimate of drug-likeness (QED) is 0.790. The Labute approximate surface area is 122 Å². The number of sulfonamides is 1. The number of piperazine rings is 1. The molecule has 1 aromatic rings. The molecule has 1 saturated heterocycles. The Morgan fingerprint density at radius 2 is 2.05 bits per heavy atom. The number of hydrogen-bond acceptors (Lipinski definition) is 4. The molecule has 8 heteroatoms. The molecule has 1 heterocycles. The minimum absolute atomic E-state index is 0.0273. The van der Waals surface area contributed by atoms with E-state index in [0.717, 1.165) is 0 Å². The molecular formula is C12H16ClN3O3S. The van der Waals surface area contributed by atoms with Crippen LogP contribution >= 0.6 is 11.6 Å². The summed E-state index contributed by atoms with van der Waals surface area (Å²) in [6.45, 7) is 3.63. The molecule has 1 aliphatic heterocycles. The number of nitrogen functional groups attached to an aromatic ring is 1. The van der Waals surface area contributed by atoms with Gasteiger partial charge in [0.25, 0.3) is 0 Å². The highest BCUT2D eigenvalue weighted by molar-refractivity contribution is 7.89. The van der Waals surface area contributed by atoms with Crippen LogP contribution in [-0.4, -0.2) is 37.3 Å². The summed E-state index contributed by atoms with van der Waals surface area (Å²) in [4.78, 5) is 11.9. The van der Waals surface area contributed by atoms with Crippen LogP contribution in [0.15, 0.2) is 23.1 Å². The molecule has 0 radical (unpaired) electrons. The summed E-state index contributed by atoms with van der Waals surface area (Å²) in [6, 6.07) is 4.13. The first-order valence-corrected chi connectivity index (χ1v) is 7.85. The largest absolute Gasteiger partial charge is 0.398 e. The molecule has 0 aliphatic carbocycles. The fourth-order valence-corrected chi connectivity index (χ4v) is 4.12. The van der Waals surface area contributed by atoms with Crippen molar-refractivity contribution in [2.24, 2.45) is 0 Å². The van der Waals surface area contributed by atoms with E-state index >= 15 is 0 Å². The van der Waals surface area contributed by atoms with Gasteiger partial charge < -0.3 is 11.1 Å². The Bertz CT molecular complexity index is 658. The lowest BCUT2D eigenvalue weighted by molar-refractivity contribution is -0.131. The average molecular weight is 318 g/mol. The Kier molecular flexibility index (Phi) is 3.70. The normalized spacial score (nSPS) is 19.6. The van der Waals surface area contributed by atoms with Crippen LogP contribution < -0.4 is 11.1 Å². The standard InChI is InChI=1S/C12H16ClN3O3S/c1-12(2)11(17)15-5-6-16(12)20(18,19)8-3-4-10(14)9(13)7-8/h3-4,7H,5-6,14H2,1-2H3,(H,15,17). The lowest BCUT2D eigenvalue weighted by Gasteiger charge is -2.39. The topological polar surface area (TPSA) is 92.5 Å². The van der Waals surface area contributed by atoms with Gasteiger partial charge in [-0.2, -0.15) is 4.31 Å². The van der Waals surface area contributed by atoms with Crippen LogP contribution in [0.2, 0.25) is 5.02 Å². The Morgan fingerprint density at radius 1 is 1.40 bits per heavy atom. The summed E-state index contributed by atoms with van der Waals surface area (Å²) in [5, 5.41) is 2.83. The summed E-state index contributed by atoms with van der Waals surface area (Å²) in [7, 11) is -3.81. The minimum Gasteiger partial charge on any atom is -0.398 e. The number of nitrogens with zero attached hydrogens (tertiary/aromatic N) is 1. The van der Waals surface area contributed by atoms with Gasteiger partial charge in [0.15, 0.2) is 0 Å². The third-order valence-electron chi connectivity index (χ3n) is 3.34. The fraction of sp³-hybridized carbons (Fsp3) is 0.417. The van der Waals surface area contributed by atoms with Gasteiger partial charge in [0.1, 0.15) is 5.54 Å². The Balaban J connectivity index is 2.49. The van der Waals surface area contributed by atoms with Crippen LogP contribution in [0.5, 0.6) is 0 Å². The molecule has 1 aromatic carbocycles. The molecule has 0 saturated carbocycles. The zero-order valence-electron chi connectivity index (χ0n) is 11.2. The first kappa shape index (κ1) is 15.1. The van der Waals surface area contributed by atoms with E-state index in [2.05, 4.69) is 5.32 Å². The van der Waals surface area contributed by atoms with Crippen LogP contribution in [0.25, 0.3) is 0 Å². The van der Waals surface area contributed by atoms with Gasteiger partial charge in [-0.15, -0.1) is 0 Å². The predicted molar refractivity (Wildman–Crippen MR) is 76.8 cm³/mol. The number of anilines is 1. The van der Waals surface area contributed by atoms with Crippen molar-refractivity contribution >= 4 is 33.2 Å². The molecule has 0 atom stereocenters. The Hall–Kier alpha value is -1.31. The van der Waals surface area contributed by atoms with Gasteiger partial charge in [-0.25, -0.2) is 8.42 Å². The van der Waals surface area contributed by atoms with E-state index in [4.69, 9.17) is 17.3 Å². The smallest absolute Gasteiger partial charge is 0.244 e. The van der Waals surface area contributed by atoms with Crippen LogP contribution in [0, 0.1) is 0 Å². The third kappa shape index (κ3) is 2.36. The highest BCUT2D eigenvalue weighted by atomic mass is 35.5. The lowest BCUT2D eigenvalue weighted by atomic mass is 10.0. The van der Waals surface area contributed by atoms with Crippen molar-refractivity contribution in [3.8, 4) is 0 Å². The molecule has 0 spiro atoms. The van der Waals surface area contributed by atoms with E-state index in [1.54, 1.807) is 13.8 Å². The highest BCUT2D eigenvalue weighted by Gasteiger charge is 2.44. The fourth-order valence-electron chi connectivity index (χ4n) is 2.10. The van der Waals surface area contributed by atoms with E-state index < -0.39 is 15.6 Å². The third-order valence-corrected chi connectivity index (χ3v) is 5.74. The molecule has 0 bridgehead atoms. The molecule has 1 fully saturated rings. The van der Waals surface area contributed by atoms with Gasteiger partial charge in [-0.05, 0) is 32.0 Å². The lowest BCUT2D eigenvalue weighted by Crippen LogP contribution is -2.63. The van der Waals surface area contributed by atoms with E-state index in [-0.39, 0.29) is 28.9 Å². The monoisotopic (exact) mass is 317 g/mol. The van der Waals surface area contributed by atoms with Crippen molar-refractivity contribution in [3.63, 3.8) is 0 Å². The summed E-state index contributed by atoms with van der Waals surface area (Å²) < 4.78 is 26.5. The zero-order chi connectivity index (χ0) is 15.1. The zero-order valence-corrected chi connectivity index (χ0v) is 12.8. The molecule has 110 valence electrons.